The first kappa shape index (κ1) is 29.3. The quantitative estimate of drug-likeness (QED) is 0.309. The van der Waals surface area contributed by atoms with Crippen molar-refractivity contribution < 1.29 is 29.0 Å². The van der Waals surface area contributed by atoms with Gasteiger partial charge in [0.15, 0.2) is 0 Å². The first-order valence-corrected chi connectivity index (χ1v) is 14.7. The van der Waals surface area contributed by atoms with Crippen molar-refractivity contribution in [1.29, 1.82) is 0 Å². The molecular formula is C30H45N3O6. The molecule has 6 atom stereocenters. The maximum atomic E-state index is 14.1. The third kappa shape index (κ3) is 5.40. The molecule has 3 amide bonds. The van der Waals surface area contributed by atoms with Crippen molar-refractivity contribution in [2.75, 3.05) is 31.6 Å². The maximum absolute atomic E-state index is 14.1. The van der Waals surface area contributed by atoms with E-state index in [2.05, 4.69) is 17.6 Å². The summed E-state index contributed by atoms with van der Waals surface area (Å²) in [6, 6.07) is 6.40. The number of nitrogens with one attached hydrogen (secondary N) is 2. The van der Waals surface area contributed by atoms with Crippen molar-refractivity contribution >= 4 is 23.4 Å². The molecule has 1 aromatic carbocycles. The summed E-state index contributed by atoms with van der Waals surface area (Å²) in [4.78, 5) is 43.3. The highest BCUT2D eigenvalue weighted by Gasteiger charge is 2.79. The van der Waals surface area contributed by atoms with Crippen LogP contribution in [0.2, 0.25) is 0 Å². The number of rotatable bonds is 14. The molecule has 0 saturated carbocycles. The summed E-state index contributed by atoms with van der Waals surface area (Å²) < 4.78 is 12.3. The zero-order chi connectivity index (χ0) is 28.2. The van der Waals surface area contributed by atoms with E-state index in [9.17, 15) is 19.5 Å². The van der Waals surface area contributed by atoms with Gasteiger partial charge in [-0.3, -0.25) is 14.4 Å². The average Bonchev–Trinajstić information content (AvgIpc) is 3.42. The second kappa shape index (κ2) is 12.3. The summed E-state index contributed by atoms with van der Waals surface area (Å²) in [6.07, 6.45) is 5.55. The molecule has 3 fully saturated rings. The van der Waals surface area contributed by atoms with E-state index in [4.69, 9.17) is 9.47 Å². The normalized spacial score (nSPS) is 30.9. The molecule has 0 radical (unpaired) electrons. The average molecular weight is 544 g/mol. The van der Waals surface area contributed by atoms with Crippen LogP contribution in [-0.4, -0.2) is 71.3 Å². The van der Waals surface area contributed by atoms with E-state index >= 15 is 0 Å². The van der Waals surface area contributed by atoms with Crippen LogP contribution < -0.4 is 15.4 Å². The SMILES string of the molecule is CCCCCNC(=O)C1N(CCCCCO)C(=O)[C@@H]2[C@H](C(=O)Nc3ccc(OCC)cc3)[C@@]3(C)OC12CC3C. The third-order valence-electron chi connectivity index (χ3n) is 8.91. The van der Waals surface area contributed by atoms with Crippen molar-refractivity contribution in [3.8, 4) is 5.75 Å². The molecule has 3 N–H and O–H groups in total. The van der Waals surface area contributed by atoms with Crippen LogP contribution in [0.25, 0.3) is 0 Å². The van der Waals surface area contributed by atoms with Crippen molar-refractivity contribution in [2.24, 2.45) is 17.8 Å². The number of likely N-dealkylation sites (tertiary alicyclic amines) is 1. The first-order chi connectivity index (χ1) is 18.7. The zero-order valence-corrected chi connectivity index (χ0v) is 23.8. The van der Waals surface area contributed by atoms with Gasteiger partial charge in [0.2, 0.25) is 17.7 Å². The molecule has 1 spiro atoms. The Balaban J connectivity index is 1.61. The van der Waals surface area contributed by atoms with Crippen LogP contribution >= 0.6 is 0 Å². The van der Waals surface area contributed by atoms with Gasteiger partial charge in [-0.25, -0.2) is 0 Å². The van der Waals surface area contributed by atoms with Gasteiger partial charge in [0.25, 0.3) is 0 Å². The fourth-order valence-corrected chi connectivity index (χ4v) is 6.95. The van der Waals surface area contributed by atoms with E-state index in [1.165, 1.54) is 0 Å². The highest BCUT2D eigenvalue weighted by Crippen LogP contribution is 2.65. The number of benzene rings is 1. The van der Waals surface area contributed by atoms with Gasteiger partial charge in [0, 0.05) is 25.4 Å². The predicted octanol–water partition coefficient (Wildman–Crippen LogP) is 3.50. The second-order valence-electron chi connectivity index (χ2n) is 11.5. The van der Waals surface area contributed by atoms with Gasteiger partial charge < -0.3 is 30.1 Å². The molecular weight excluding hydrogens is 498 g/mol. The Morgan fingerprint density at radius 2 is 1.85 bits per heavy atom. The Kier molecular flexibility index (Phi) is 9.21. The van der Waals surface area contributed by atoms with E-state index in [0.29, 0.717) is 50.4 Å². The van der Waals surface area contributed by atoms with Crippen LogP contribution in [0, 0.1) is 17.8 Å². The van der Waals surface area contributed by atoms with Crippen LogP contribution in [0.1, 0.15) is 72.6 Å². The lowest BCUT2D eigenvalue weighted by Crippen LogP contribution is -2.55. The van der Waals surface area contributed by atoms with E-state index in [1.54, 1.807) is 29.2 Å². The number of fused-ring (bicyclic) bond motifs is 1. The summed E-state index contributed by atoms with van der Waals surface area (Å²) in [5.74, 6) is -1.40. The molecule has 3 aliphatic heterocycles. The number of hydrogen-bond donors (Lipinski definition) is 3. The Hall–Kier alpha value is -2.65. The predicted molar refractivity (Wildman–Crippen MR) is 148 cm³/mol. The van der Waals surface area contributed by atoms with E-state index in [0.717, 1.165) is 25.7 Å². The molecule has 3 unspecified atom stereocenters. The maximum Gasteiger partial charge on any atom is 0.245 e. The lowest BCUT2D eigenvalue weighted by Gasteiger charge is -2.36. The largest absolute Gasteiger partial charge is 0.494 e. The molecule has 216 valence electrons. The minimum atomic E-state index is -1.04. The van der Waals surface area contributed by atoms with Crippen LogP contribution in [0.15, 0.2) is 24.3 Å². The summed E-state index contributed by atoms with van der Waals surface area (Å²) in [7, 11) is 0. The highest BCUT2D eigenvalue weighted by atomic mass is 16.5. The Morgan fingerprint density at radius 1 is 1.10 bits per heavy atom. The Morgan fingerprint density at radius 3 is 2.51 bits per heavy atom. The van der Waals surface area contributed by atoms with Crippen LogP contribution in [0.3, 0.4) is 0 Å². The molecule has 3 heterocycles. The van der Waals surface area contributed by atoms with Gasteiger partial charge in [-0.15, -0.1) is 0 Å². The lowest BCUT2D eigenvalue weighted by molar-refractivity contribution is -0.146. The van der Waals surface area contributed by atoms with Gasteiger partial charge >= 0.3 is 0 Å². The van der Waals surface area contributed by atoms with E-state index in [1.807, 2.05) is 20.8 Å². The van der Waals surface area contributed by atoms with Gasteiger partial charge in [-0.05, 0) is 76.1 Å². The van der Waals surface area contributed by atoms with Crippen LogP contribution in [0.4, 0.5) is 5.69 Å². The van der Waals surface area contributed by atoms with E-state index < -0.39 is 29.1 Å². The minimum Gasteiger partial charge on any atom is -0.494 e. The molecule has 0 aliphatic carbocycles. The molecule has 2 bridgehead atoms. The number of carbonyl (C=O) groups is 3. The van der Waals surface area contributed by atoms with Gasteiger partial charge in [0.1, 0.15) is 17.4 Å². The fraction of sp³-hybridized carbons (Fsp3) is 0.700. The van der Waals surface area contributed by atoms with Crippen molar-refractivity contribution in [2.45, 2.75) is 89.9 Å². The second-order valence-corrected chi connectivity index (χ2v) is 11.5. The molecule has 1 aromatic rings. The highest BCUT2D eigenvalue weighted by molar-refractivity contribution is 6.02. The summed E-state index contributed by atoms with van der Waals surface area (Å²) in [5, 5.41) is 15.3. The third-order valence-corrected chi connectivity index (χ3v) is 8.91. The zero-order valence-electron chi connectivity index (χ0n) is 23.8. The first-order valence-electron chi connectivity index (χ1n) is 14.7. The Labute approximate surface area is 232 Å². The van der Waals surface area contributed by atoms with Crippen molar-refractivity contribution in [3.63, 3.8) is 0 Å². The molecule has 39 heavy (non-hydrogen) atoms. The number of hydrogen-bond acceptors (Lipinski definition) is 6. The lowest BCUT2D eigenvalue weighted by atomic mass is 9.62. The molecule has 9 heteroatoms. The molecule has 4 rings (SSSR count). The summed E-state index contributed by atoms with van der Waals surface area (Å²) in [5.41, 5.74) is -1.29. The number of aliphatic hydroxyl groups excluding tert-OH is 1. The number of unbranched alkanes of at least 4 members (excludes halogenated alkanes) is 4. The number of carbonyl (C=O) groups excluding carboxylic acids is 3. The number of ether oxygens (including phenoxy) is 2. The number of amides is 3. The number of anilines is 1. The monoisotopic (exact) mass is 543 g/mol. The molecule has 9 nitrogen and oxygen atoms in total. The summed E-state index contributed by atoms with van der Waals surface area (Å²) >= 11 is 0. The Bertz CT molecular complexity index is 1030. The topological polar surface area (TPSA) is 117 Å². The van der Waals surface area contributed by atoms with Gasteiger partial charge in [-0.1, -0.05) is 26.7 Å². The van der Waals surface area contributed by atoms with Crippen LogP contribution in [-0.2, 0) is 19.1 Å². The fourth-order valence-electron chi connectivity index (χ4n) is 6.95. The number of nitrogens with zero attached hydrogens (tertiary/aromatic N) is 1. The molecule has 3 aliphatic rings. The summed E-state index contributed by atoms with van der Waals surface area (Å²) in [6.45, 7) is 9.58. The van der Waals surface area contributed by atoms with E-state index in [-0.39, 0.29) is 30.2 Å². The van der Waals surface area contributed by atoms with Crippen LogP contribution in [0.5, 0.6) is 5.75 Å². The van der Waals surface area contributed by atoms with Crippen molar-refractivity contribution in [3.05, 3.63) is 24.3 Å². The standard InChI is InChI=1S/C30H45N3O6/c1-5-7-9-16-31-27(36)25-30-19-20(3)29(4,39-30)23(24(30)28(37)33(25)17-10-8-11-18-34)26(35)32-21-12-14-22(15-13-21)38-6-2/h12-15,20,23-25,34H,5-11,16-19H2,1-4H3,(H,31,36)(H,32,35)/t20?,23-,24+,25?,29+,30?/m1/s1. The van der Waals surface area contributed by atoms with Gasteiger partial charge in [0.05, 0.1) is 24.0 Å². The molecule has 0 aromatic heterocycles. The number of aliphatic hydroxyl groups is 1. The minimum absolute atomic E-state index is 0.0117. The molecule has 3 saturated heterocycles. The smallest absolute Gasteiger partial charge is 0.245 e. The van der Waals surface area contributed by atoms with Crippen molar-refractivity contribution in [1.82, 2.24) is 10.2 Å². The van der Waals surface area contributed by atoms with Gasteiger partial charge in [-0.2, -0.15) is 0 Å².